The Kier molecular flexibility index (Phi) is 7.35. The van der Waals surface area contributed by atoms with Crippen LogP contribution in [0.15, 0.2) is 47.3 Å². The zero-order valence-corrected chi connectivity index (χ0v) is 29.2. The highest BCUT2D eigenvalue weighted by atomic mass is 35.5. The maximum atomic E-state index is 15.4. The molecule has 50 heavy (non-hydrogen) atoms. The second-order valence-corrected chi connectivity index (χ2v) is 16.1. The van der Waals surface area contributed by atoms with Crippen LogP contribution >= 0.6 is 11.6 Å². The highest BCUT2D eigenvalue weighted by molar-refractivity contribution is 6.33. The molecule has 1 spiro atoms. The molecular formula is C37H41ClO12. The van der Waals surface area contributed by atoms with Crippen molar-refractivity contribution in [3.05, 3.63) is 59.0 Å². The van der Waals surface area contributed by atoms with E-state index in [1.165, 1.54) is 19.9 Å². The van der Waals surface area contributed by atoms with Crippen LogP contribution in [0.4, 0.5) is 0 Å². The first-order valence-electron chi connectivity index (χ1n) is 17.1. The number of carbonyl (C=O) groups is 4. The van der Waals surface area contributed by atoms with E-state index in [0.717, 1.165) is 5.56 Å². The second-order valence-electron chi connectivity index (χ2n) is 15.7. The summed E-state index contributed by atoms with van der Waals surface area (Å²) in [7, 11) is 0. The van der Waals surface area contributed by atoms with Crippen molar-refractivity contribution in [1.82, 2.24) is 0 Å². The average Bonchev–Trinajstić information content (AvgIpc) is 3.41. The fourth-order valence-corrected chi connectivity index (χ4v) is 12.1. The minimum Gasteiger partial charge on any atom is -0.472 e. The normalized spacial score (nSPS) is 46.8. The number of epoxide rings is 1. The van der Waals surface area contributed by atoms with Gasteiger partial charge in [0.15, 0.2) is 11.9 Å². The number of esters is 3. The van der Waals surface area contributed by atoms with Crippen molar-refractivity contribution in [2.75, 3.05) is 6.61 Å². The third-order valence-electron chi connectivity index (χ3n) is 13.9. The minimum atomic E-state index is -1.39. The van der Waals surface area contributed by atoms with Crippen LogP contribution in [0.25, 0.3) is 0 Å². The van der Waals surface area contributed by atoms with Gasteiger partial charge < -0.3 is 38.3 Å². The molecule has 14 atom stereocenters. The van der Waals surface area contributed by atoms with Gasteiger partial charge in [-0.2, -0.15) is 0 Å². The van der Waals surface area contributed by atoms with Crippen LogP contribution in [-0.2, 0) is 38.1 Å². The lowest BCUT2D eigenvalue weighted by molar-refractivity contribution is -0.372. The Morgan fingerprint density at radius 2 is 1.64 bits per heavy atom. The minimum absolute atomic E-state index is 0.0393. The van der Waals surface area contributed by atoms with Crippen molar-refractivity contribution >= 4 is 35.3 Å². The number of rotatable bonds is 5. The van der Waals surface area contributed by atoms with E-state index in [1.807, 2.05) is 19.9 Å². The third kappa shape index (κ3) is 3.92. The van der Waals surface area contributed by atoms with Crippen LogP contribution < -0.4 is 0 Å². The summed E-state index contributed by atoms with van der Waals surface area (Å²) in [6.45, 7) is 7.73. The monoisotopic (exact) mass is 712 g/mol. The van der Waals surface area contributed by atoms with Gasteiger partial charge in [-0.1, -0.05) is 37.6 Å². The number of aliphatic hydroxyl groups is 2. The lowest BCUT2D eigenvalue weighted by atomic mass is 9.33. The van der Waals surface area contributed by atoms with Gasteiger partial charge >= 0.3 is 17.9 Å². The number of benzene rings is 1. The summed E-state index contributed by atoms with van der Waals surface area (Å²) >= 11 is 6.33. The first kappa shape index (κ1) is 33.8. The molecule has 0 amide bonds. The number of aliphatic hydroxyl groups excluding tert-OH is 2. The van der Waals surface area contributed by atoms with E-state index in [2.05, 4.69) is 0 Å². The molecule has 268 valence electrons. The van der Waals surface area contributed by atoms with Gasteiger partial charge in [0.05, 0.1) is 58.9 Å². The summed E-state index contributed by atoms with van der Waals surface area (Å²) < 4.78 is 36.4. The Bertz CT molecular complexity index is 1780. The fourth-order valence-electron chi connectivity index (χ4n) is 11.9. The van der Waals surface area contributed by atoms with Crippen LogP contribution in [0.2, 0.25) is 5.02 Å². The summed E-state index contributed by atoms with van der Waals surface area (Å²) in [5.41, 5.74) is -5.32. The number of hydrogen-bond acceptors (Lipinski definition) is 12. The van der Waals surface area contributed by atoms with Crippen molar-refractivity contribution in [3.63, 3.8) is 0 Å². The zero-order valence-electron chi connectivity index (χ0n) is 28.4. The van der Waals surface area contributed by atoms with Gasteiger partial charge in [0.2, 0.25) is 6.29 Å². The van der Waals surface area contributed by atoms with Gasteiger partial charge in [0.25, 0.3) is 0 Å². The van der Waals surface area contributed by atoms with Crippen molar-refractivity contribution in [3.8, 4) is 0 Å². The molecule has 2 saturated heterocycles. The van der Waals surface area contributed by atoms with E-state index in [9.17, 15) is 24.6 Å². The summed E-state index contributed by atoms with van der Waals surface area (Å²) in [5, 5.41) is 25.0. The van der Waals surface area contributed by atoms with E-state index in [-0.39, 0.29) is 42.1 Å². The van der Waals surface area contributed by atoms with E-state index in [1.54, 1.807) is 37.6 Å². The van der Waals surface area contributed by atoms with Crippen LogP contribution in [0, 0.1) is 33.5 Å². The topological polar surface area (TPSA) is 171 Å². The summed E-state index contributed by atoms with van der Waals surface area (Å²) in [6, 6.07) is 8.21. The van der Waals surface area contributed by atoms with Gasteiger partial charge in [-0.15, -0.1) is 0 Å². The lowest BCUT2D eigenvalue weighted by Crippen LogP contribution is -2.82. The van der Waals surface area contributed by atoms with Crippen LogP contribution in [0.1, 0.15) is 75.7 Å². The Morgan fingerprint density at radius 1 is 0.920 bits per heavy atom. The number of Topliss-reactive ketones (excluding diaryl/α,β-unsaturated/α-hetero) is 1. The first-order chi connectivity index (χ1) is 23.6. The van der Waals surface area contributed by atoms with Gasteiger partial charge in [-0.3, -0.25) is 14.4 Å². The Morgan fingerprint density at radius 3 is 2.30 bits per heavy atom. The van der Waals surface area contributed by atoms with Crippen LogP contribution in [-0.4, -0.2) is 82.9 Å². The highest BCUT2D eigenvalue weighted by Gasteiger charge is 2.92. The molecule has 2 bridgehead atoms. The van der Waals surface area contributed by atoms with Crippen LogP contribution in [0.5, 0.6) is 0 Å². The van der Waals surface area contributed by atoms with Crippen LogP contribution in [0.3, 0.4) is 0 Å². The molecule has 1 aromatic heterocycles. The van der Waals surface area contributed by atoms with E-state index in [0.29, 0.717) is 6.42 Å². The lowest BCUT2D eigenvalue weighted by Gasteiger charge is -2.73. The summed E-state index contributed by atoms with van der Waals surface area (Å²) in [5.74, 6) is -4.72. The average molecular weight is 713 g/mol. The van der Waals surface area contributed by atoms with Crippen molar-refractivity contribution in [2.45, 2.75) is 102 Å². The molecule has 8 rings (SSSR count). The molecule has 3 heterocycles. The molecule has 0 radical (unpaired) electrons. The zero-order chi connectivity index (χ0) is 35.8. The predicted octanol–water partition coefficient (Wildman–Crippen LogP) is 3.98. The Labute approximate surface area is 293 Å². The molecule has 1 aromatic carbocycles. The second kappa shape index (κ2) is 10.9. The number of fused-ring (bicyclic) bond motifs is 1. The number of ether oxygens (including phenoxy) is 5. The smallest absolute Gasteiger partial charge is 0.341 e. The van der Waals surface area contributed by atoms with Gasteiger partial charge in [-0.05, 0) is 49.4 Å². The predicted molar refractivity (Wildman–Crippen MR) is 171 cm³/mol. The Balaban J connectivity index is 1.28. The number of hydrogen-bond donors (Lipinski definition) is 2. The first-order valence-corrected chi connectivity index (χ1v) is 17.5. The standard InChI is InChI=1S/C37H41ClO12/c1-17(39)47-26-14-25(42)36-16-46-32(49-31(44)20-8-6-7-9-22(20)38)33(26,3)23(36)13-24(41)35(5)29(36)28(43)30(48-18(2)40)34(4)21(19-10-11-45-15-19)12-27-37(34,35)50-27/h6-11,15,21,23-27,29-30,32,41-42H,12-14,16H2,1-5H3/t21-,23-,24+,25-,26+,27+,29-,30-,32+,33+,34+,35+,36+,37+/m0/s1. The number of ketones is 1. The molecule has 2 aliphatic heterocycles. The molecule has 6 aliphatic rings. The Hall–Kier alpha value is -3.29. The SMILES string of the molecule is CC(=O)O[C@@H]1C[C@H](O)[C@@]23CO[C@H](OC(=O)c4ccccc4Cl)[C@]1(C)[C@@H]2C[C@@H](O)[C@]1(C)[C@@H]3C(=O)[C@H](OC(C)=O)[C@@]2(C)[C@H](c3ccoc3)C[C@H]3O[C@]321. The third-order valence-corrected chi connectivity index (χ3v) is 14.2. The maximum Gasteiger partial charge on any atom is 0.341 e. The molecule has 0 unspecified atom stereocenters. The van der Waals surface area contributed by atoms with Gasteiger partial charge in [-0.25, -0.2) is 4.79 Å². The number of carbonyl (C=O) groups excluding carboxylic acids is 4. The van der Waals surface area contributed by atoms with Gasteiger partial charge in [0, 0.05) is 42.9 Å². The fraction of sp³-hybridized carbons (Fsp3) is 0.622. The molecule has 2 N–H and O–H groups in total. The molecule has 13 heteroatoms. The van der Waals surface area contributed by atoms with Gasteiger partial charge in [0.1, 0.15) is 11.7 Å². The number of furan rings is 1. The quantitative estimate of drug-likeness (QED) is 0.260. The van der Waals surface area contributed by atoms with E-state index >= 15 is 4.79 Å². The molecule has 4 aliphatic carbocycles. The molecule has 2 aromatic rings. The summed E-state index contributed by atoms with van der Waals surface area (Å²) in [6.07, 6.45) is -2.87. The summed E-state index contributed by atoms with van der Waals surface area (Å²) in [4.78, 5) is 54.2. The van der Waals surface area contributed by atoms with Crippen molar-refractivity contribution in [1.29, 1.82) is 0 Å². The van der Waals surface area contributed by atoms with E-state index < -0.39 is 93.5 Å². The largest absolute Gasteiger partial charge is 0.472 e. The van der Waals surface area contributed by atoms with Crippen molar-refractivity contribution < 1.29 is 57.5 Å². The molecular weight excluding hydrogens is 672 g/mol. The molecule has 6 fully saturated rings. The molecule has 4 saturated carbocycles. The maximum absolute atomic E-state index is 15.4. The highest BCUT2D eigenvalue weighted by Crippen LogP contribution is 2.83. The number of halogens is 1. The van der Waals surface area contributed by atoms with Crippen molar-refractivity contribution in [2.24, 2.45) is 33.5 Å². The van der Waals surface area contributed by atoms with E-state index in [4.69, 9.17) is 39.7 Å². The molecule has 12 nitrogen and oxygen atoms in total.